The molecule has 0 fully saturated rings. The second-order valence-electron chi connectivity index (χ2n) is 3.66. The quantitative estimate of drug-likeness (QED) is 0.739. The molecule has 6 nitrogen and oxygen atoms in total. The number of amides is 1. The highest BCUT2D eigenvalue weighted by Gasteiger charge is 2.08. The van der Waals surface area contributed by atoms with Crippen LogP contribution in [-0.2, 0) is 27.3 Å². The lowest BCUT2D eigenvalue weighted by Gasteiger charge is -2.02. The fourth-order valence-electron chi connectivity index (χ4n) is 1.30. The lowest BCUT2D eigenvalue weighted by Crippen LogP contribution is -2.23. The molecule has 0 unspecified atom stereocenters. The van der Waals surface area contributed by atoms with Crippen molar-refractivity contribution in [1.29, 1.82) is 0 Å². The summed E-state index contributed by atoms with van der Waals surface area (Å²) < 4.78 is 10.1. The van der Waals surface area contributed by atoms with Crippen molar-refractivity contribution in [3.63, 3.8) is 0 Å². The average Bonchev–Trinajstić information content (AvgIpc) is 2.82. The molecule has 0 spiro atoms. The number of nitrogens with one attached hydrogen (secondary N) is 1. The third kappa shape index (κ3) is 4.99. The highest BCUT2D eigenvalue weighted by atomic mass is 16.5. The van der Waals surface area contributed by atoms with Gasteiger partial charge < -0.3 is 14.5 Å². The number of aromatic nitrogens is 1. The predicted octanol–water partition coefficient (Wildman–Crippen LogP) is 1.20. The van der Waals surface area contributed by atoms with Gasteiger partial charge in [0.25, 0.3) is 0 Å². The minimum absolute atomic E-state index is 0.0888. The van der Waals surface area contributed by atoms with Crippen LogP contribution in [-0.4, -0.2) is 23.5 Å². The number of oxazole rings is 1. The Labute approximate surface area is 106 Å². The molecule has 1 rings (SSSR count). The zero-order valence-corrected chi connectivity index (χ0v) is 10.7. The van der Waals surface area contributed by atoms with Gasteiger partial charge in [-0.25, -0.2) is 4.98 Å². The SMILES string of the molecule is CCOC(=O)CCC(=O)NCc1ncc(CC)o1. The summed E-state index contributed by atoms with van der Waals surface area (Å²) in [6, 6.07) is 0. The van der Waals surface area contributed by atoms with Crippen LogP contribution in [0, 0.1) is 0 Å². The molecule has 1 N–H and O–H groups in total. The zero-order chi connectivity index (χ0) is 13.4. The Bertz CT molecular complexity index is 401. The van der Waals surface area contributed by atoms with Crippen molar-refractivity contribution in [3.8, 4) is 0 Å². The van der Waals surface area contributed by atoms with Crippen LogP contribution in [0.25, 0.3) is 0 Å². The number of nitrogens with zero attached hydrogens (tertiary/aromatic N) is 1. The van der Waals surface area contributed by atoms with Crippen LogP contribution in [0.3, 0.4) is 0 Å². The fourth-order valence-corrected chi connectivity index (χ4v) is 1.30. The number of carbonyl (C=O) groups is 2. The zero-order valence-electron chi connectivity index (χ0n) is 10.7. The summed E-state index contributed by atoms with van der Waals surface area (Å²) in [6.07, 6.45) is 2.61. The topological polar surface area (TPSA) is 81.4 Å². The van der Waals surface area contributed by atoms with Gasteiger partial charge >= 0.3 is 5.97 Å². The molecule has 0 saturated heterocycles. The van der Waals surface area contributed by atoms with E-state index in [2.05, 4.69) is 10.3 Å². The van der Waals surface area contributed by atoms with E-state index in [0.29, 0.717) is 12.5 Å². The molecule has 6 heteroatoms. The molecular formula is C12H18N2O4. The Kier molecular flexibility index (Phi) is 5.90. The van der Waals surface area contributed by atoms with Crippen molar-refractivity contribution < 1.29 is 18.7 Å². The summed E-state index contributed by atoms with van der Waals surface area (Å²) in [7, 11) is 0. The maximum absolute atomic E-state index is 11.4. The predicted molar refractivity (Wildman–Crippen MR) is 63.6 cm³/mol. The summed E-state index contributed by atoms with van der Waals surface area (Å²) in [5.74, 6) is 0.665. The van der Waals surface area contributed by atoms with Crippen molar-refractivity contribution in [1.82, 2.24) is 10.3 Å². The highest BCUT2D eigenvalue weighted by molar-refractivity contribution is 5.81. The molecule has 18 heavy (non-hydrogen) atoms. The van der Waals surface area contributed by atoms with Gasteiger partial charge in [-0.05, 0) is 6.92 Å². The number of ether oxygens (including phenoxy) is 1. The first-order chi connectivity index (χ1) is 8.65. The summed E-state index contributed by atoms with van der Waals surface area (Å²) >= 11 is 0. The van der Waals surface area contributed by atoms with Crippen LogP contribution in [0.15, 0.2) is 10.6 Å². The standard InChI is InChI=1S/C12H18N2O4/c1-3-9-7-14-11(18-9)8-13-10(15)5-6-12(16)17-4-2/h7H,3-6,8H2,1-2H3,(H,13,15). The summed E-state index contributed by atoms with van der Waals surface area (Å²) in [5, 5.41) is 2.63. The molecule has 0 atom stereocenters. The number of esters is 1. The van der Waals surface area contributed by atoms with Crippen LogP contribution >= 0.6 is 0 Å². The molecule has 0 radical (unpaired) electrons. The Morgan fingerprint density at radius 2 is 2.17 bits per heavy atom. The molecule has 0 aliphatic carbocycles. The smallest absolute Gasteiger partial charge is 0.306 e. The molecular weight excluding hydrogens is 236 g/mol. The molecule has 100 valence electrons. The summed E-state index contributed by atoms with van der Waals surface area (Å²) in [5.41, 5.74) is 0. The summed E-state index contributed by atoms with van der Waals surface area (Å²) in [6.45, 7) is 4.26. The minimum atomic E-state index is -0.364. The average molecular weight is 254 g/mol. The molecule has 0 saturated carbocycles. The normalized spacial score (nSPS) is 10.1. The number of carbonyl (C=O) groups excluding carboxylic acids is 2. The minimum Gasteiger partial charge on any atom is -0.466 e. The highest BCUT2D eigenvalue weighted by Crippen LogP contribution is 2.03. The monoisotopic (exact) mass is 254 g/mol. The molecule has 1 heterocycles. The first-order valence-corrected chi connectivity index (χ1v) is 6.01. The van der Waals surface area contributed by atoms with E-state index in [1.807, 2.05) is 6.92 Å². The third-order valence-electron chi connectivity index (χ3n) is 2.25. The largest absolute Gasteiger partial charge is 0.466 e. The first-order valence-electron chi connectivity index (χ1n) is 6.01. The second kappa shape index (κ2) is 7.47. The van der Waals surface area contributed by atoms with E-state index in [0.717, 1.165) is 12.2 Å². The van der Waals surface area contributed by atoms with Crippen LogP contribution in [0.2, 0.25) is 0 Å². The molecule has 1 aromatic heterocycles. The van der Waals surface area contributed by atoms with E-state index in [-0.39, 0.29) is 31.3 Å². The van der Waals surface area contributed by atoms with Gasteiger partial charge in [0, 0.05) is 12.8 Å². The molecule has 1 aromatic rings. The Hall–Kier alpha value is -1.85. The van der Waals surface area contributed by atoms with Crippen LogP contribution in [0.1, 0.15) is 38.3 Å². The lowest BCUT2D eigenvalue weighted by molar-refractivity contribution is -0.144. The number of rotatable bonds is 7. The van der Waals surface area contributed by atoms with Crippen LogP contribution in [0.4, 0.5) is 0 Å². The maximum Gasteiger partial charge on any atom is 0.306 e. The molecule has 0 bridgehead atoms. The number of hydrogen-bond acceptors (Lipinski definition) is 5. The van der Waals surface area contributed by atoms with Crippen molar-refractivity contribution in [2.45, 2.75) is 39.7 Å². The Morgan fingerprint density at radius 1 is 1.39 bits per heavy atom. The van der Waals surface area contributed by atoms with Crippen molar-refractivity contribution >= 4 is 11.9 Å². The van der Waals surface area contributed by atoms with E-state index in [9.17, 15) is 9.59 Å². The van der Waals surface area contributed by atoms with E-state index in [4.69, 9.17) is 9.15 Å². The molecule has 1 amide bonds. The van der Waals surface area contributed by atoms with Crippen molar-refractivity contribution in [3.05, 3.63) is 17.8 Å². The fraction of sp³-hybridized carbons (Fsp3) is 0.583. The van der Waals surface area contributed by atoms with Gasteiger partial charge in [-0.15, -0.1) is 0 Å². The van der Waals surface area contributed by atoms with E-state index in [1.54, 1.807) is 13.1 Å². The molecule has 0 aromatic carbocycles. The van der Waals surface area contributed by atoms with Gasteiger partial charge in [-0.1, -0.05) is 6.92 Å². The molecule has 0 aliphatic rings. The Balaban J connectivity index is 2.22. The lowest BCUT2D eigenvalue weighted by atomic mass is 10.3. The van der Waals surface area contributed by atoms with Gasteiger partial charge in [0.05, 0.1) is 25.8 Å². The molecule has 0 aliphatic heterocycles. The van der Waals surface area contributed by atoms with Crippen molar-refractivity contribution in [2.75, 3.05) is 6.61 Å². The Morgan fingerprint density at radius 3 is 2.78 bits per heavy atom. The van der Waals surface area contributed by atoms with Gasteiger partial charge in [0.1, 0.15) is 5.76 Å². The summed E-state index contributed by atoms with van der Waals surface area (Å²) in [4.78, 5) is 26.5. The van der Waals surface area contributed by atoms with Gasteiger partial charge in [0.2, 0.25) is 11.8 Å². The van der Waals surface area contributed by atoms with Crippen LogP contribution < -0.4 is 5.32 Å². The van der Waals surface area contributed by atoms with E-state index < -0.39 is 0 Å². The maximum atomic E-state index is 11.4. The van der Waals surface area contributed by atoms with Crippen LogP contribution in [0.5, 0.6) is 0 Å². The second-order valence-corrected chi connectivity index (χ2v) is 3.66. The van der Waals surface area contributed by atoms with E-state index in [1.165, 1.54) is 0 Å². The van der Waals surface area contributed by atoms with Crippen molar-refractivity contribution in [2.24, 2.45) is 0 Å². The van der Waals surface area contributed by atoms with Gasteiger partial charge in [0.15, 0.2) is 0 Å². The van der Waals surface area contributed by atoms with Gasteiger partial charge in [-0.3, -0.25) is 9.59 Å². The number of hydrogen-bond donors (Lipinski definition) is 1. The number of aryl methyl sites for hydroxylation is 1. The first kappa shape index (κ1) is 14.2. The van der Waals surface area contributed by atoms with Gasteiger partial charge in [-0.2, -0.15) is 0 Å². The third-order valence-corrected chi connectivity index (χ3v) is 2.25. The van der Waals surface area contributed by atoms with E-state index >= 15 is 0 Å².